The number of nitrogens with one attached hydrogen (secondary N) is 1. The van der Waals surface area contributed by atoms with Crippen LogP contribution in [0.1, 0.15) is 15.9 Å². The molecule has 31 heavy (non-hydrogen) atoms. The zero-order valence-corrected chi connectivity index (χ0v) is 18.3. The summed E-state index contributed by atoms with van der Waals surface area (Å²) in [6.45, 7) is 1.27. The smallest absolute Gasteiger partial charge is 0.362 e. The van der Waals surface area contributed by atoms with Gasteiger partial charge in [0.1, 0.15) is 5.69 Å². The first kappa shape index (κ1) is 22.9. The van der Waals surface area contributed by atoms with E-state index in [0.29, 0.717) is 37.8 Å². The minimum Gasteiger partial charge on any atom is -0.362 e. The molecule has 0 bridgehead atoms. The van der Waals surface area contributed by atoms with Crippen molar-refractivity contribution in [2.24, 2.45) is 0 Å². The highest BCUT2D eigenvalue weighted by molar-refractivity contribution is 9.10. The second-order valence-electron chi connectivity index (χ2n) is 6.70. The standard InChI is InChI=1S/C19H16BrF3N4O3S/c20-14-3-1-2-12(10-14)17(28)24-18(31)26-8-6-25(7-9-26)15-5-4-13(19(21,22)23)11-16(15)27(29)30/h1-5,10-11H,6-9H2,(H,24,28,31). The van der Waals surface area contributed by atoms with E-state index < -0.39 is 22.4 Å². The SMILES string of the molecule is O=C(NC(=S)N1CCN(c2ccc(C(F)(F)F)cc2[N+](=O)[O-])CC1)c1cccc(Br)c1. The maximum Gasteiger partial charge on any atom is 0.416 e. The molecule has 0 aromatic heterocycles. The van der Waals surface area contributed by atoms with E-state index in [-0.39, 0.29) is 16.7 Å². The maximum absolute atomic E-state index is 12.9. The molecule has 0 unspecified atom stereocenters. The van der Waals surface area contributed by atoms with Gasteiger partial charge in [-0.3, -0.25) is 20.2 Å². The average molecular weight is 517 g/mol. The van der Waals surface area contributed by atoms with Gasteiger partial charge in [0.05, 0.1) is 10.5 Å². The molecule has 1 aliphatic heterocycles. The zero-order valence-electron chi connectivity index (χ0n) is 15.9. The minimum absolute atomic E-state index is 0.113. The lowest BCUT2D eigenvalue weighted by Gasteiger charge is -2.37. The van der Waals surface area contributed by atoms with Crippen LogP contribution in [0.3, 0.4) is 0 Å². The lowest BCUT2D eigenvalue weighted by Crippen LogP contribution is -2.52. The van der Waals surface area contributed by atoms with Gasteiger partial charge in [-0.15, -0.1) is 0 Å². The molecular weight excluding hydrogens is 501 g/mol. The summed E-state index contributed by atoms with van der Waals surface area (Å²) in [4.78, 5) is 26.2. The lowest BCUT2D eigenvalue weighted by atomic mass is 10.1. The predicted molar refractivity (Wildman–Crippen MR) is 116 cm³/mol. The number of nitrogens with zero attached hydrogens (tertiary/aromatic N) is 3. The Morgan fingerprint density at radius 2 is 1.81 bits per heavy atom. The van der Waals surface area contributed by atoms with Crippen LogP contribution in [-0.2, 0) is 6.18 Å². The van der Waals surface area contributed by atoms with Crippen LogP contribution < -0.4 is 10.2 Å². The number of hydrogen-bond acceptors (Lipinski definition) is 5. The van der Waals surface area contributed by atoms with Crippen molar-refractivity contribution in [3.05, 3.63) is 68.2 Å². The van der Waals surface area contributed by atoms with E-state index in [1.165, 1.54) is 0 Å². The van der Waals surface area contributed by atoms with E-state index in [1.54, 1.807) is 34.1 Å². The van der Waals surface area contributed by atoms with Crippen molar-refractivity contribution in [2.45, 2.75) is 6.18 Å². The number of benzene rings is 2. The Labute approximate surface area is 189 Å². The summed E-state index contributed by atoms with van der Waals surface area (Å²) in [5.41, 5.74) is -1.13. The van der Waals surface area contributed by atoms with Gasteiger partial charge in [0.25, 0.3) is 11.6 Å². The van der Waals surface area contributed by atoms with Crippen molar-refractivity contribution >= 4 is 50.5 Å². The number of carbonyl (C=O) groups excluding carboxylic acids is 1. The molecule has 1 heterocycles. The number of rotatable bonds is 3. The highest BCUT2D eigenvalue weighted by Crippen LogP contribution is 2.36. The first-order chi connectivity index (χ1) is 14.6. The fraction of sp³-hybridized carbons (Fsp3) is 0.263. The van der Waals surface area contributed by atoms with Crippen LogP contribution in [0.15, 0.2) is 46.9 Å². The Balaban J connectivity index is 1.66. The van der Waals surface area contributed by atoms with Crippen LogP contribution in [0.25, 0.3) is 0 Å². The molecule has 0 atom stereocenters. The van der Waals surface area contributed by atoms with E-state index in [2.05, 4.69) is 21.2 Å². The minimum atomic E-state index is -4.67. The van der Waals surface area contributed by atoms with Crippen LogP contribution >= 0.6 is 28.1 Å². The van der Waals surface area contributed by atoms with Crippen LogP contribution in [0.4, 0.5) is 24.5 Å². The summed E-state index contributed by atoms with van der Waals surface area (Å²) in [5.74, 6) is -0.368. The number of piperazine rings is 1. The van der Waals surface area contributed by atoms with Gasteiger partial charge in [-0.2, -0.15) is 13.2 Å². The number of alkyl halides is 3. The Morgan fingerprint density at radius 3 is 2.39 bits per heavy atom. The summed E-state index contributed by atoms with van der Waals surface area (Å²) >= 11 is 8.59. The van der Waals surface area contributed by atoms with Gasteiger partial charge >= 0.3 is 6.18 Å². The van der Waals surface area contributed by atoms with E-state index in [0.717, 1.165) is 16.6 Å². The number of halogens is 4. The molecule has 0 radical (unpaired) electrons. The number of nitro benzene ring substituents is 1. The fourth-order valence-electron chi connectivity index (χ4n) is 3.14. The number of hydrogen-bond donors (Lipinski definition) is 1. The van der Waals surface area contributed by atoms with Gasteiger partial charge in [-0.05, 0) is 42.5 Å². The van der Waals surface area contributed by atoms with E-state index in [1.807, 2.05) is 0 Å². The molecule has 7 nitrogen and oxygen atoms in total. The molecule has 164 valence electrons. The number of amides is 1. The van der Waals surface area contributed by atoms with Crippen LogP contribution in [-0.4, -0.2) is 47.0 Å². The normalized spacial score (nSPS) is 14.3. The third kappa shape index (κ3) is 5.50. The molecule has 0 aliphatic carbocycles. The van der Waals surface area contributed by atoms with Gasteiger partial charge in [-0.1, -0.05) is 22.0 Å². The van der Waals surface area contributed by atoms with Crippen LogP contribution in [0.5, 0.6) is 0 Å². The number of thiocarbonyl (C=S) groups is 1. The van der Waals surface area contributed by atoms with Crippen molar-refractivity contribution in [1.29, 1.82) is 0 Å². The Morgan fingerprint density at radius 1 is 1.13 bits per heavy atom. The summed E-state index contributed by atoms with van der Waals surface area (Å²) in [7, 11) is 0. The summed E-state index contributed by atoms with van der Waals surface area (Å²) in [6, 6.07) is 9.29. The molecule has 2 aromatic carbocycles. The highest BCUT2D eigenvalue weighted by atomic mass is 79.9. The number of carbonyl (C=O) groups is 1. The first-order valence-corrected chi connectivity index (χ1v) is 10.2. The Hall–Kier alpha value is -2.73. The van der Waals surface area contributed by atoms with Crippen molar-refractivity contribution in [3.63, 3.8) is 0 Å². The van der Waals surface area contributed by atoms with Crippen molar-refractivity contribution in [2.75, 3.05) is 31.1 Å². The molecular formula is C19H16BrF3N4O3S. The molecule has 1 amide bonds. The Kier molecular flexibility index (Phi) is 6.80. The average Bonchev–Trinajstić information content (AvgIpc) is 2.72. The van der Waals surface area contributed by atoms with Gasteiger partial charge in [-0.25, -0.2) is 0 Å². The first-order valence-electron chi connectivity index (χ1n) is 9.02. The highest BCUT2D eigenvalue weighted by Gasteiger charge is 2.34. The van der Waals surface area contributed by atoms with Crippen LogP contribution in [0, 0.1) is 10.1 Å². The molecule has 1 aliphatic rings. The molecule has 0 saturated carbocycles. The summed E-state index contributed by atoms with van der Waals surface area (Å²) in [6.07, 6.45) is -4.67. The molecule has 12 heteroatoms. The second-order valence-corrected chi connectivity index (χ2v) is 8.00. The Bertz CT molecular complexity index is 1030. The van der Waals surface area contributed by atoms with Gasteiger partial charge in [0.15, 0.2) is 5.11 Å². The van der Waals surface area contributed by atoms with E-state index in [9.17, 15) is 28.1 Å². The second kappa shape index (κ2) is 9.18. The third-order valence-corrected chi connectivity index (χ3v) is 5.57. The summed E-state index contributed by atoms with van der Waals surface area (Å²) in [5, 5.41) is 14.2. The third-order valence-electron chi connectivity index (χ3n) is 4.71. The number of anilines is 1. The van der Waals surface area contributed by atoms with Gasteiger partial charge < -0.3 is 9.80 Å². The molecule has 0 spiro atoms. The largest absolute Gasteiger partial charge is 0.416 e. The molecule has 1 N–H and O–H groups in total. The molecule has 3 rings (SSSR count). The van der Waals surface area contributed by atoms with E-state index in [4.69, 9.17) is 12.2 Å². The van der Waals surface area contributed by atoms with Crippen molar-refractivity contribution < 1.29 is 22.9 Å². The molecule has 1 saturated heterocycles. The topological polar surface area (TPSA) is 78.7 Å². The number of nitro groups is 1. The van der Waals surface area contributed by atoms with Crippen molar-refractivity contribution in [1.82, 2.24) is 10.2 Å². The quantitative estimate of drug-likeness (QED) is 0.374. The molecule has 1 fully saturated rings. The summed E-state index contributed by atoms with van der Waals surface area (Å²) < 4.78 is 39.4. The van der Waals surface area contributed by atoms with E-state index >= 15 is 0 Å². The van der Waals surface area contributed by atoms with Crippen molar-refractivity contribution in [3.8, 4) is 0 Å². The molecule has 2 aromatic rings. The predicted octanol–water partition coefficient (Wildman–Crippen LogP) is 4.21. The zero-order chi connectivity index (χ0) is 22.8. The fourth-order valence-corrected chi connectivity index (χ4v) is 3.82. The lowest BCUT2D eigenvalue weighted by molar-refractivity contribution is -0.384. The van der Waals surface area contributed by atoms with Gasteiger partial charge in [0.2, 0.25) is 0 Å². The van der Waals surface area contributed by atoms with Gasteiger partial charge in [0, 0.05) is 42.3 Å². The monoisotopic (exact) mass is 516 g/mol. The maximum atomic E-state index is 12.9. The van der Waals surface area contributed by atoms with Crippen LogP contribution in [0.2, 0.25) is 0 Å².